The van der Waals surface area contributed by atoms with Gasteiger partial charge in [0.2, 0.25) is 0 Å². The summed E-state index contributed by atoms with van der Waals surface area (Å²) < 4.78 is 0. The molecule has 0 atom stereocenters. The Balaban J connectivity index is 2.96. The normalized spacial score (nSPS) is 11.8. The molecule has 0 saturated carbocycles. The summed E-state index contributed by atoms with van der Waals surface area (Å²) in [6.45, 7) is 11.4. The van der Waals surface area contributed by atoms with Crippen molar-refractivity contribution in [1.29, 1.82) is 0 Å². The van der Waals surface area contributed by atoms with Gasteiger partial charge in [-0.1, -0.05) is 57.9 Å². The van der Waals surface area contributed by atoms with Crippen molar-refractivity contribution in [2.24, 2.45) is 5.41 Å². The highest BCUT2D eigenvalue weighted by molar-refractivity contribution is 5.32. The lowest BCUT2D eigenvalue weighted by molar-refractivity contribution is 0.409. The van der Waals surface area contributed by atoms with Gasteiger partial charge in [-0.05, 0) is 36.3 Å². The third-order valence-corrected chi connectivity index (χ3v) is 2.60. The first kappa shape index (κ1) is 12.3. The monoisotopic (exact) mass is 204 g/mol. The molecule has 0 unspecified atom stereocenters. The zero-order chi connectivity index (χ0) is 11.5. The van der Waals surface area contributed by atoms with Gasteiger partial charge in [-0.2, -0.15) is 0 Å². The number of benzene rings is 1. The summed E-state index contributed by atoms with van der Waals surface area (Å²) in [4.78, 5) is 0. The first-order valence-electron chi connectivity index (χ1n) is 6.01. The molecule has 1 aromatic rings. The van der Waals surface area contributed by atoms with E-state index in [0.29, 0.717) is 5.41 Å². The van der Waals surface area contributed by atoms with Gasteiger partial charge in [0.05, 0.1) is 0 Å². The average molecular weight is 204 g/mol. The summed E-state index contributed by atoms with van der Waals surface area (Å²) in [6.07, 6.45) is 3.63. The van der Waals surface area contributed by atoms with E-state index in [4.69, 9.17) is 0 Å². The fourth-order valence-corrected chi connectivity index (χ4v) is 2.00. The van der Waals surface area contributed by atoms with Crippen molar-refractivity contribution in [3.8, 4) is 0 Å². The van der Waals surface area contributed by atoms with Crippen LogP contribution in [0, 0.1) is 12.3 Å². The Bertz CT molecular complexity index is 315. The molecule has 0 amide bonds. The molecule has 0 N–H and O–H groups in total. The second-order valence-electron chi connectivity index (χ2n) is 5.76. The molecule has 0 heterocycles. The van der Waals surface area contributed by atoms with Crippen LogP contribution in [0.3, 0.4) is 0 Å². The Morgan fingerprint density at radius 3 is 2.27 bits per heavy atom. The minimum absolute atomic E-state index is 0.385. The lowest BCUT2D eigenvalue weighted by atomic mass is 9.85. The number of hydrogen-bond donors (Lipinski definition) is 0. The van der Waals surface area contributed by atoms with Crippen molar-refractivity contribution in [2.75, 3.05) is 0 Å². The van der Waals surface area contributed by atoms with E-state index in [0.717, 1.165) is 0 Å². The Hall–Kier alpha value is -0.780. The maximum atomic E-state index is 2.36. The topological polar surface area (TPSA) is 0 Å². The summed E-state index contributed by atoms with van der Waals surface area (Å²) in [5, 5.41) is 0. The molecule has 0 bridgehead atoms. The minimum Gasteiger partial charge on any atom is -0.0651 e. The van der Waals surface area contributed by atoms with Crippen LogP contribution in [0.1, 0.15) is 50.8 Å². The molecular weight excluding hydrogens is 180 g/mol. The van der Waals surface area contributed by atoms with Crippen molar-refractivity contribution in [2.45, 2.75) is 53.9 Å². The number of rotatable bonds is 3. The van der Waals surface area contributed by atoms with Gasteiger partial charge in [-0.15, -0.1) is 0 Å². The molecule has 84 valence electrons. The van der Waals surface area contributed by atoms with Crippen LogP contribution in [0.2, 0.25) is 0 Å². The third kappa shape index (κ3) is 4.07. The van der Waals surface area contributed by atoms with E-state index in [1.807, 2.05) is 0 Å². The van der Waals surface area contributed by atoms with Crippen LogP contribution in [0.15, 0.2) is 18.2 Å². The van der Waals surface area contributed by atoms with Crippen LogP contribution in [-0.4, -0.2) is 0 Å². The third-order valence-electron chi connectivity index (χ3n) is 2.60. The minimum atomic E-state index is 0.385. The van der Waals surface area contributed by atoms with Gasteiger partial charge in [0, 0.05) is 0 Å². The molecule has 0 nitrogen and oxygen atoms in total. The van der Waals surface area contributed by atoms with Gasteiger partial charge in [-0.25, -0.2) is 0 Å². The molecule has 15 heavy (non-hydrogen) atoms. The van der Waals surface area contributed by atoms with Gasteiger partial charge in [0.1, 0.15) is 0 Å². The fraction of sp³-hybridized carbons (Fsp3) is 0.600. The van der Waals surface area contributed by atoms with Crippen LogP contribution in [-0.2, 0) is 12.8 Å². The Labute approximate surface area is 94.7 Å². The molecule has 0 radical (unpaired) electrons. The standard InChI is InChI=1S/C15H24/c1-6-7-13-9-8-12(2)10-14(13)11-15(3,4)5/h8-10H,6-7,11H2,1-5H3. The van der Waals surface area contributed by atoms with Gasteiger partial charge in [0.15, 0.2) is 0 Å². The molecule has 1 aromatic carbocycles. The van der Waals surface area contributed by atoms with E-state index in [2.05, 4.69) is 52.8 Å². The van der Waals surface area contributed by atoms with Crippen molar-refractivity contribution < 1.29 is 0 Å². The molecule has 0 aliphatic heterocycles. The second-order valence-corrected chi connectivity index (χ2v) is 5.76. The van der Waals surface area contributed by atoms with Crippen LogP contribution in [0.4, 0.5) is 0 Å². The average Bonchev–Trinajstić information content (AvgIpc) is 2.07. The Kier molecular flexibility index (Phi) is 3.96. The lowest BCUT2D eigenvalue weighted by Crippen LogP contribution is -2.11. The summed E-state index contributed by atoms with van der Waals surface area (Å²) in [5.74, 6) is 0. The first-order valence-corrected chi connectivity index (χ1v) is 6.01. The summed E-state index contributed by atoms with van der Waals surface area (Å²) >= 11 is 0. The van der Waals surface area contributed by atoms with Crippen molar-refractivity contribution >= 4 is 0 Å². The summed E-state index contributed by atoms with van der Waals surface area (Å²) in [5.41, 5.74) is 4.85. The van der Waals surface area contributed by atoms with Crippen molar-refractivity contribution in [3.63, 3.8) is 0 Å². The number of aryl methyl sites for hydroxylation is 2. The van der Waals surface area contributed by atoms with E-state index in [9.17, 15) is 0 Å². The SMILES string of the molecule is CCCc1ccc(C)cc1CC(C)(C)C. The quantitative estimate of drug-likeness (QED) is 0.678. The van der Waals surface area contributed by atoms with Gasteiger partial charge >= 0.3 is 0 Å². The van der Waals surface area contributed by atoms with Crippen molar-refractivity contribution in [1.82, 2.24) is 0 Å². The molecule has 0 saturated heterocycles. The molecule has 0 aliphatic carbocycles. The highest BCUT2D eigenvalue weighted by Crippen LogP contribution is 2.24. The Morgan fingerprint density at radius 2 is 1.73 bits per heavy atom. The Morgan fingerprint density at radius 1 is 1.07 bits per heavy atom. The molecule has 0 aliphatic rings. The molecule has 0 aromatic heterocycles. The molecule has 1 rings (SSSR count). The lowest BCUT2D eigenvalue weighted by Gasteiger charge is -2.21. The van der Waals surface area contributed by atoms with E-state index in [-0.39, 0.29) is 0 Å². The molecule has 0 spiro atoms. The smallest absolute Gasteiger partial charge is 0.0227 e. The highest BCUT2D eigenvalue weighted by atomic mass is 14.2. The van der Waals surface area contributed by atoms with Gasteiger partial charge < -0.3 is 0 Å². The summed E-state index contributed by atoms with van der Waals surface area (Å²) in [7, 11) is 0. The highest BCUT2D eigenvalue weighted by Gasteiger charge is 2.13. The maximum absolute atomic E-state index is 2.36. The molecule has 0 fully saturated rings. The van der Waals surface area contributed by atoms with Crippen LogP contribution < -0.4 is 0 Å². The van der Waals surface area contributed by atoms with Crippen LogP contribution in [0.25, 0.3) is 0 Å². The zero-order valence-corrected chi connectivity index (χ0v) is 10.9. The van der Waals surface area contributed by atoms with E-state index < -0.39 is 0 Å². The van der Waals surface area contributed by atoms with Crippen LogP contribution >= 0.6 is 0 Å². The maximum Gasteiger partial charge on any atom is -0.0227 e. The van der Waals surface area contributed by atoms with E-state index in [1.165, 1.54) is 30.4 Å². The predicted molar refractivity (Wildman–Crippen MR) is 68.3 cm³/mol. The molecule has 0 heteroatoms. The largest absolute Gasteiger partial charge is 0.0651 e. The first-order chi connectivity index (χ1) is 6.92. The fourth-order valence-electron chi connectivity index (χ4n) is 2.00. The van der Waals surface area contributed by atoms with Gasteiger partial charge in [0.25, 0.3) is 0 Å². The summed E-state index contributed by atoms with van der Waals surface area (Å²) in [6, 6.07) is 6.90. The van der Waals surface area contributed by atoms with Crippen molar-refractivity contribution in [3.05, 3.63) is 34.9 Å². The zero-order valence-electron chi connectivity index (χ0n) is 10.9. The molecular formula is C15H24. The van der Waals surface area contributed by atoms with E-state index in [1.54, 1.807) is 5.56 Å². The predicted octanol–water partition coefficient (Wildman–Crippen LogP) is 4.54. The van der Waals surface area contributed by atoms with Gasteiger partial charge in [-0.3, -0.25) is 0 Å². The second kappa shape index (κ2) is 4.83. The van der Waals surface area contributed by atoms with E-state index >= 15 is 0 Å². The number of hydrogen-bond acceptors (Lipinski definition) is 0. The van der Waals surface area contributed by atoms with Crippen LogP contribution in [0.5, 0.6) is 0 Å².